The molecule has 13 heavy (non-hydrogen) atoms. The monoisotopic (exact) mass is 194 g/mol. The van der Waals surface area contributed by atoms with Crippen LogP contribution < -0.4 is 0 Å². The van der Waals surface area contributed by atoms with Crippen molar-refractivity contribution in [1.29, 1.82) is 0 Å². The zero-order valence-corrected chi connectivity index (χ0v) is 8.17. The molecule has 0 aliphatic rings. The summed E-state index contributed by atoms with van der Waals surface area (Å²) in [5.41, 5.74) is 1.98. The summed E-state index contributed by atoms with van der Waals surface area (Å²) in [7, 11) is 0. The largest absolute Gasteiger partial charge is 0.376 e. The summed E-state index contributed by atoms with van der Waals surface area (Å²) < 4.78 is 0. The predicted molar refractivity (Wildman–Crippen MR) is 54.6 cm³/mol. The number of benzene rings is 1. The molecule has 0 saturated carbocycles. The van der Waals surface area contributed by atoms with E-state index in [1.54, 1.807) is 0 Å². The highest BCUT2D eigenvalue weighted by atomic mass is 35.5. The maximum Gasteiger partial charge on any atom is 0.140 e. The van der Waals surface area contributed by atoms with Crippen molar-refractivity contribution in [3.8, 4) is 11.8 Å². The SMILES string of the molecule is Cc1ccc(C(O)C#CCCl)cc1. The van der Waals surface area contributed by atoms with Crippen LogP contribution in [0.4, 0.5) is 0 Å². The van der Waals surface area contributed by atoms with Crippen molar-refractivity contribution >= 4 is 11.6 Å². The first-order valence-corrected chi connectivity index (χ1v) is 4.56. The Labute approximate surface area is 83.4 Å². The number of aliphatic hydroxyl groups is 1. The molecule has 0 radical (unpaired) electrons. The Morgan fingerprint density at radius 3 is 2.54 bits per heavy atom. The van der Waals surface area contributed by atoms with E-state index in [2.05, 4.69) is 11.8 Å². The van der Waals surface area contributed by atoms with Gasteiger partial charge in [0.2, 0.25) is 0 Å². The highest BCUT2D eigenvalue weighted by Gasteiger charge is 2.01. The minimum absolute atomic E-state index is 0.253. The van der Waals surface area contributed by atoms with Gasteiger partial charge in [0.15, 0.2) is 0 Å². The van der Waals surface area contributed by atoms with Gasteiger partial charge in [-0.1, -0.05) is 41.7 Å². The molecule has 1 atom stereocenters. The first-order chi connectivity index (χ1) is 6.24. The third-order valence-corrected chi connectivity index (χ3v) is 1.83. The van der Waals surface area contributed by atoms with Crippen molar-refractivity contribution in [3.05, 3.63) is 35.4 Å². The molecule has 1 aromatic carbocycles. The highest BCUT2D eigenvalue weighted by molar-refractivity contribution is 6.19. The Bertz CT molecular complexity index is 318. The zero-order chi connectivity index (χ0) is 9.68. The fraction of sp³-hybridized carbons (Fsp3) is 0.273. The summed E-state index contributed by atoms with van der Waals surface area (Å²) in [5, 5.41) is 9.51. The van der Waals surface area contributed by atoms with Gasteiger partial charge in [-0.2, -0.15) is 0 Å². The molecule has 1 nitrogen and oxygen atoms in total. The molecule has 0 saturated heterocycles. The van der Waals surface area contributed by atoms with Crippen LogP contribution in [0.2, 0.25) is 0 Å². The highest BCUT2D eigenvalue weighted by Crippen LogP contribution is 2.12. The fourth-order valence-electron chi connectivity index (χ4n) is 0.967. The van der Waals surface area contributed by atoms with Crippen molar-refractivity contribution in [2.45, 2.75) is 13.0 Å². The zero-order valence-electron chi connectivity index (χ0n) is 7.42. The van der Waals surface area contributed by atoms with Crippen LogP contribution in [0.15, 0.2) is 24.3 Å². The molecule has 2 heteroatoms. The van der Waals surface area contributed by atoms with Crippen LogP contribution >= 0.6 is 11.6 Å². The molecule has 1 N–H and O–H groups in total. The lowest BCUT2D eigenvalue weighted by Gasteiger charge is -2.03. The van der Waals surface area contributed by atoms with Gasteiger partial charge in [0.05, 0.1) is 5.88 Å². The molecule has 1 rings (SSSR count). The Morgan fingerprint density at radius 2 is 2.00 bits per heavy atom. The molecule has 0 bridgehead atoms. The van der Waals surface area contributed by atoms with Gasteiger partial charge in [-0.3, -0.25) is 0 Å². The lowest BCUT2D eigenvalue weighted by atomic mass is 10.1. The maximum absolute atomic E-state index is 9.51. The van der Waals surface area contributed by atoms with Crippen molar-refractivity contribution in [3.63, 3.8) is 0 Å². The second-order valence-electron chi connectivity index (χ2n) is 2.77. The second-order valence-corrected chi connectivity index (χ2v) is 3.04. The number of hydrogen-bond donors (Lipinski definition) is 1. The summed E-state index contributed by atoms with van der Waals surface area (Å²) in [6, 6.07) is 7.62. The molecule has 0 spiro atoms. The van der Waals surface area contributed by atoms with Crippen molar-refractivity contribution in [2.24, 2.45) is 0 Å². The Balaban J connectivity index is 2.77. The van der Waals surface area contributed by atoms with Crippen molar-refractivity contribution < 1.29 is 5.11 Å². The van der Waals surface area contributed by atoms with Gasteiger partial charge < -0.3 is 5.11 Å². The number of rotatable bonds is 1. The molecule has 0 aliphatic carbocycles. The molecule has 68 valence electrons. The first-order valence-electron chi connectivity index (χ1n) is 4.03. The molecule has 0 heterocycles. The first kappa shape index (κ1) is 10.1. The minimum Gasteiger partial charge on any atom is -0.376 e. The third-order valence-electron chi connectivity index (χ3n) is 1.70. The van der Waals surface area contributed by atoms with E-state index in [1.807, 2.05) is 31.2 Å². The summed E-state index contributed by atoms with van der Waals surface area (Å²) in [6.07, 6.45) is -0.723. The Morgan fingerprint density at radius 1 is 1.38 bits per heavy atom. The van der Waals surface area contributed by atoms with Crippen molar-refractivity contribution in [1.82, 2.24) is 0 Å². The van der Waals surface area contributed by atoms with E-state index >= 15 is 0 Å². The fourth-order valence-corrected chi connectivity index (χ4v) is 1.04. The predicted octanol–water partition coefficient (Wildman–Crippen LogP) is 2.27. The third kappa shape index (κ3) is 3.10. The number of alkyl halides is 1. The van der Waals surface area contributed by atoms with Crippen LogP contribution in [0.3, 0.4) is 0 Å². The van der Waals surface area contributed by atoms with E-state index in [9.17, 15) is 5.11 Å². The van der Waals surface area contributed by atoms with E-state index in [0.29, 0.717) is 0 Å². The van der Waals surface area contributed by atoms with Gasteiger partial charge in [0.1, 0.15) is 6.10 Å². The molecular weight excluding hydrogens is 184 g/mol. The molecule has 0 fully saturated rings. The van der Waals surface area contributed by atoms with Gasteiger partial charge in [-0.05, 0) is 12.5 Å². The lowest BCUT2D eigenvalue weighted by molar-refractivity contribution is 0.238. The average Bonchev–Trinajstić information content (AvgIpc) is 2.15. The smallest absolute Gasteiger partial charge is 0.140 e. The maximum atomic E-state index is 9.51. The van der Waals surface area contributed by atoms with Crippen LogP contribution in [0.25, 0.3) is 0 Å². The van der Waals surface area contributed by atoms with E-state index in [4.69, 9.17) is 11.6 Å². The topological polar surface area (TPSA) is 20.2 Å². The number of hydrogen-bond acceptors (Lipinski definition) is 1. The van der Waals surface area contributed by atoms with E-state index < -0.39 is 6.10 Å². The molecular formula is C11H11ClO. The number of aryl methyl sites for hydroxylation is 1. The second kappa shape index (κ2) is 4.91. The number of aliphatic hydroxyl groups excluding tert-OH is 1. The standard InChI is InChI=1S/C11H11ClO/c1-9-4-6-10(7-5-9)11(13)3-2-8-12/h4-7,11,13H,8H2,1H3. The molecule has 0 amide bonds. The van der Waals surface area contributed by atoms with Gasteiger partial charge >= 0.3 is 0 Å². The van der Waals surface area contributed by atoms with Gasteiger partial charge in [0.25, 0.3) is 0 Å². The van der Waals surface area contributed by atoms with Crippen LogP contribution in [0.1, 0.15) is 17.2 Å². The van der Waals surface area contributed by atoms with Crippen LogP contribution in [-0.2, 0) is 0 Å². The van der Waals surface area contributed by atoms with Crippen LogP contribution in [0.5, 0.6) is 0 Å². The van der Waals surface area contributed by atoms with Crippen LogP contribution in [0, 0.1) is 18.8 Å². The quantitative estimate of drug-likeness (QED) is 0.537. The summed E-state index contributed by atoms with van der Waals surface area (Å²) >= 11 is 5.37. The normalized spacial score (nSPS) is 11.6. The molecule has 0 aromatic heterocycles. The van der Waals surface area contributed by atoms with Crippen LogP contribution in [-0.4, -0.2) is 11.0 Å². The van der Waals surface area contributed by atoms with Gasteiger partial charge in [-0.25, -0.2) is 0 Å². The van der Waals surface area contributed by atoms with E-state index in [0.717, 1.165) is 5.56 Å². The van der Waals surface area contributed by atoms with Crippen molar-refractivity contribution in [2.75, 3.05) is 5.88 Å². The van der Waals surface area contributed by atoms with E-state index in [-0.39, 0.29) is 5.88 Å². The Kier molecular flexibility index (Phi) is 3.82. The minimum atomic E-state index is -0.723. The summed E-state index contributed by atoms with van der Waals surface area (Å²) in [6.45, 7) is 2.00. The molecule has 1 unspecified atom stereocenters. The van der Waals surface area contributed by atoms with Gasteiger partial charge in [-0.15, -0.1) is 11.6 Å². The average molecular weight is 195 g/mol. The molecule has 1 aromatic rings. The number of halogens is 1. The molecule has 0 aliphatic heterocycles. The summed E-state index contributed by atoms with van der Waals surface area (Å²) in [4.78, 5) is 0. The van der Waals surface area contributed by atoms with Gasteiger partial charge in [0, 0.05) is 0 Å². The van der Waals surface area contributed by atoms with E-state index in [1.165, 1.54) is 5.56 Å². The Hall–Kier alpha value is -0.970. The summed E-state index contributed by atoms with van der Waals surface area (Å²) in [5.74, 6) is 5.52. The lowest BCUT2D eigenvalue weighted by Crippen LogP contribution is -1.93.